The van der Waals surface area contributed by atoms with E-state index < -0.39 is 0 Å². The van der Waals surface area contributed by atoms with Crippen molar-refractivity contribution < 1.29 is 4.39 Å². The summed E-state index contributed by atoms with van der Waals surface area (Å²) in [6.45, 7) is 5.78. The van der Waals surface area contributed by atoms with Gasteiger partial charge in [-0.25, -0.2) is 14.4 Å². The van der Waals surface area contributed by atoms with Crippen molar-refractivity contribution >= 4 is 23.2 Å². The standard InChI is InChI=1S/C24H25ClFN5/c25-20-5-3-4-18(14-20)16-29-9-8-22-19(17-29)15-27-24(28-22)31-12-10-30(11-13-31)23-7-2-1-6-21(23)26/h1-7,14-15H,8-13,16-17H2. The SMILES string of the molecule is Fc1ccccc1N1CCN(c2ncc3c(n2)CCN(Cc2cccc(Cl)c2)C3)CC1. The van der Waals surface area contributed by atoms with Crippen molar-refractivity contribution in [2.75, 3.05) is 42.5 Å². The molecule has 0 unspecified atom stereocenters. The molecule has 0 atom stereocenters. The van der Waals surface area contributed by atoms with Gasteiger partial charge in [-0.2, -0.15) is 0 Å². The van der Waals surface area contributed by atoms with Gasteiger partial charge in [0.15, 0.2) is 0 Å². The van der Waals surface area contributed by atoms with Crippen molar-refractivity contribution in [3.63, 3.8) is 0 Å². The van der Waals surface area contributed by atoms with Crippen LogP contribution in [0.5, 0.6) is 0 Å². The van der Waals surface area contributed by atoms with Crippen LogP contribution in [0.25, 0.3) is 0 Å². The van der Waals surface area contributed by atoms with Crippen molar-refractivity contribution in [3.8, 4) is 0 Å². The van der Waals surface area contributed by atoms with Crippen LogP contribution in [-0.2, 0) is 19.5 Å². The average Bonchev–Trinajstić information content (AvgIpc) is 2.79. The summed E-state index contributed by atoms with van der Waals surface area (Å²) in [7, 11) is 0. The van der Waals surface area contributed by atoms with Crippen molar-refractivity contribution in [3.05, 3.63) is 82.4 Å². The lowest BCUT2D eigenvalue weighted by Gasteiger charge is -2.36. The summed E-state index contributed by atoms with van der Waals surface area (Å²) < 4.78 is 14.1. The molecule has 1 aromatic heterocycles. The summed E-state index contributed by atoms with van der Waals surface area (Å²) >= 11 is 6.12. The first kappa shape index (κ1) is 20.2. The highest BCUT2D eigenvalue weighted by Gasteiger charge is 2.23. The Morgan fingerprint density at radius 3 is 2.55 bits per heavy atom. The van der Waals surface area contributed by atoms with Crippen LogP contribution in [0, 0.1) is 5.82 Å². The van der Waals surface area contributed by atoms with Crippen LogP contribution < -0.4 is 9.80 Å². The number of anilines is 2. The minimum absolute atomic E-state index is 0.164. The van der Waals surface area contributed by atoms with Crippen LogP contribution >= 0.6 is 11.6 Å². The third kappa shape index (κ3) is 4.50. The molecule has 7 heteroatoms. The molecule has 0 amide bonds. The van der Waals surface area contributed by atoms with E-state index in [0.29, 0.717) is 5.69 Å². The topological polar surface area (TPSA) is 35.5 Å². The Morgan fingerprint density at radius 1 is 0.935 bits per heavy atom. The van der Waals surface area contributed by atoms with E-state index >= 15 is 0 Å². The largest absolute Gasteiger partial charge is 0.366 e. The van der Waals surface area contributed by atoms with Gasteiger partial charge in [0.1, 0.15) is 5.82 Å². The predicted molar refractivity (Wildman–Crippen MR) is 122 cm³/mol. The molecule has 31 heavy (non-hydrogen) atoms. The highest BCUT2D eigenvalue weighted by Crippen LogP contribution is 2.24. The Hall–Kier alpha value is -2.70. The van der Waals surface area contributed by atoms with Crippen LogP contribution in [0.1, 0.15) is 16.8 Å². The molecule has 0 bridgehead atoms. The van der Waals surface area contributed by atoms with Crippen molar-refractivity contribution in [2.24, 2.45) is 0 Å². The van der Waals surface area contributed by atoms with E-state index in [1.165, 1.54) is 17.2 Å². The number of para-hydroxylation sites is 1. The molecule has 2 aliphatic rings. The highest BCUT2D eigenvalue weighted by molar-refractivity contribution is 6.30. The molecule has 5 rings (SSSR count). The molecule has 1 fully saturated rings. The van der Waals surface area contributed by atoms with Crippen molar-refractivity contribution in [2.45, 2.75) is 19.5 Å². The van der Waals surface area contributed by atoms with Gasteiger partial charge in [0.2, 0.25) is 5.95 Å². The molecule has 0 aliphatic carbocycles. The second kappa shape index (κ2) is 8.81. The molecule has 1 saturated heterocycles. The molecule has 2 aliphatic heterocycles. The van der Waals surface area contributed by atoms with Gasteiger partial charge in [0, 0.05) is 69.0 Å². The number of hydrogen-bond donors (Lipinski definition) is 0. The van der Waals surface area contributed by atoms with Crippen molar-refractivity contribution in [1.29, 1.82) is 0 Å². The number of fused-ring (bicyclic) bond motifs is 1. The van der Waals surface area contributed by atoms with Crippen LogP contribution in [0.15, 0.2) is 54.7 Å². The summed E-state index contributed by atoms with van der Waals surface area (Å²) in [5, 5.41) is 0.776. The van der Waals surface area contributed by atoms with E-state index in [1.54, 1.807) is 6.07 Å². The normalized spacial score (nSPS) is 17.0. The average molecular weight is 438 g/mol. The van der Waals surface area contributed by atoms with Crippen molar-refractivity contribution in [1.82, 2.24) is 14.9 Å². The predicted octanol–water partition coefficient (Wildman–Crippen LogP) is 4.15. The minimum atomic E-state index is -0.164. The fourth-order valence-electron chi connectivity index (χ4n) is 4.40. The third-order valence-electron chi connectivity index (χ3n) is 6.05. The molecule has 0 saturated carbocycles. The summed E-state index contributed by atoms with van der Waals surface area (Å²) in [5.74, 6) is 0.624. The number of rotatable bonds is 4. The van der Waals surface area contributed by atoms with Crippen LogP contribution in [-0.4, -0.2) is 47.6 Å². The third-order valence-corrected chi connectivity index (χ3v) is 6.29. The maximum Gasteiger partial charge on any atom is 0.225 e. The monoisotopic (exact) mass is 437 g/mol. The van der Waals surface area contributed by atoms with Crippen LogP contribution in [0.3, 0.4) is 0 Å². The van der Waals surface area contributed by atoms with Gasteiger partial charge in [-0.3, -0.25) is 4.90 Å². The van der Waals surface area contributed by atoms with Gasteiger partial charge in [-0.15, -0.1) is 0 Å². The summed E-state index contributed by atoms with van der Waals surface area (Å²) in [4.78, 5) is 16.2. The zero-order valence-corrected chi connectivity index (χ0v) is 18.1. The Labute approximate surface area is 187 Å². The molecule has 2 aromatic carbocycles. The molecule has 5 nitrogen and oxygen atoms in total. The zero-order chi connectivity index (χ0) is 21.2. The first-order chi connectivity index (χ1) is 15.2. The van der Waals surface area contributed by atoms with Gasteiger partial charge in [0.25, 0.3) is 0 Å². The molecular weight excluding hydrogens is 413 g/mol. The van der Waals surface area contributed by atoms with E-state index in [0.717, 1.165) is 68.9 Å². The van der Waals surface area contributed by atoms with Gasteiger partial charge >= 0.3 is 0 Å². The molecule has 0 spiro atoms. The van der Waals surface area contributed by atoms with Gasteiger partial charge in [-0.1, -0.05) is 35.9 Å². The minimum Gasteiger partial charge on any atom is -0.366 e. The quantitative estimate of drug-likeness (QED) is 0.612. The molecule has 0 N–H and O–H groups in total. The number of nitrogens with zero attached hydrogens (tertiary/aromatic N) is 5. The Bertz CT molecular complexity index is 1070. The second-order valence-electron chi connectivity index (χ2n) is 8.16. The number of aromatic nitrogens is 2. The summed E-state index contributed by atoms with van der Waals surface area (Å²) in [6, 6.07) is 15.0. The first-order valence-electron chi connectivity index (χ1n) is 10.7. The Kier molecular flexibility index (Phi) is 5.74. The highest BCUT2D eigenvalue weighted by atomic mass is 35.5. The van der Waals surface area contributed by atoms with Crippen LogP contribution in [0.2, 0.25) is 5.02 Å². The molecule has 0 radical (unpaired) electrons. The lowest BCUT2D eigenvalue weighted by molar-refractivity contribution is 0.243. The number of benzene rings is 2. The first-order valence-corrected chi connectivity index (χ1v) is 11.1. The Morgan fingerprint density at radius 2 is 1.74 bits per heavy atom. The van der Waals surface area contributed by atoms with E-state index in [-0.39, 0.29) is 5.82 Å². The fraction of sp³-hybridized carbons (Fsp3) is 0.333. The molecule has 3 aromatic rings. The lowest BCUT2D eigenvalue weighted by atomic mass is 10.1. The number of piperazine rings is 1. The number of halogens is 2. The van der Waals surface area contributed by atoms with Gasteiger partial charge < -0.3 is 9.80 Å². The molecule has 3 heterocycles. The van der Waals surface area contributed by atoms with Gasteiger partial charge in [0.05, 0.1) is 11.4 Å². The lowest BCUT2D eigenvalue weighted by Crippen LogP contribution is -2.47. The Balaban J connectivity index is 1.22. The maximum absolute atomic E-state index is 14.1. The summed E-state index contributed by atoms with van der Waals surface area (Å²) in [5.41, 5.74) is 4.24. The smallest absolute Gasteiger partial charge is 0.225 e. The zero-order valence-electron chi connectivity index (χ0n) is 17.3. The summed E-state index contributed by atoms with van der Waals surface area (Å²) in [6.07, 6.45) is 2.89. The van der Waals surface area contributed by atoms with E-state index in [9.17, 15) is 4.39 Å². The van der Waals surface area contributed by atoms with Gasteiger partial charge in [-0.05, 0) is 29.8 Å². The van der Waals surface area contributed by atoms with E-state index in [4.69, 9.17) is 16.6 Å². The van der Waals surface area contributed by atoms with E-state index in [2.05, 4.69) is 25.8 Å². The van der Waals surface area contributed by atoms with Crippen LogP contribution in [0.4, 0.5) is 16.0 Å². The van der Waals surface area contributed by atoms with E-state index in [1.807, 2.05) is 36.5 Å². The molecule has 160 valence electrons. The number of hydrogen-bond acceptors (Lipinski definition) is 5. The maximum atomic E-state index is 14.1. The second-order valence-corrected chi connectivity index (χ2v) is 8.59. The molecular formula is C24H25ClFN5. The fourth-order valence-corrected chi connectivity index (χ4v) is 4.61.